The predicted octanol–water partition coefficient (Wildman–Crippen LogP) is 5.00. The van der Waals surface area contributed by atoms with Crippen LogP contribution in [0.1, 0.15) is 52.6 Å². The summed E-state index contributed by atoms with van der Waals surface area (Å²) in [6, 6.07) is 8.64. The average molecular weight is 194 g/mol. The molecule has 0 nitrogen and oxygen atoms in total. The van der Waals surface area contributed by atoms with Crippen molar-refractivity contribution < 1.29 is 1.43 Å². The van der Waals surface area contributed by atoms with Gasteiger partial charge in [0, 0.05) is 1.43 Å². The van der Waals surface area contributed by atoms with Gasteiger partial charge in [-0.2, -0.15) is 0 Å². The molecule has 0 atom stereocenters. The maximum absolute atomic E-state index is 2.23. The third-order valence-electron chi connectivity index (χ3n) is 2.06. The van der Waals surface area contributed by atoms with Gasteiger partial charge in [-0.1, -0.05) is 57.9 Å². The zero-order valence-electron chi connectivity index (χ0n) is 10.1. The van der Waals surface area contributed by atoms with Gasteiger partial charge in [-0.3, -0.25) is 0 Å². The predicted molar refractivity (Wildman–Crippen MR) is 67.9 cm³/mol. The van der Waals surface area contributed by atoms with Crippen LogP contribution in [0.15, 0.2) is 24.3 Å². The van der Waals surface area contributed by atoms with E-state index < -0.39 is 0 Å². The molecule has 1 rings (SSSR count). The van der Waals surface area contributed by atoms with E-state index in [0.29, 0.717) is 0 Å². The van der Waals surface area contributed by atoms with Gasteiger partial charge >= 0.3 is 0 Å². The molecule has 0 fully saturated rings. The first kappa shape index (κ1) is 13.2. The molecule has 0 saturated carbocycles. The molecule has 0 aliphatic carbocycles. The SMILES string of the molecule is CCC.CCCCc1ccccc1C.[HH]. The third kappa shape index (κ3) is 5.80. The molecule has 0 saturated heterocycles. The molecule has 0 aromatic heterocycles. The van der Waals surface area contributed by atoms with Gasteiger partial charge in [0.15, 0.2) is 0 Å². The van der Waals surface area contributed by atoms with E-state index in [1.54, 1.807) is 0 Å². The van der Waals surface area contributed by atoms with Crippen molar-refractivity contribution in [3.05, 3.63) is 35.4 Å². The van der Waals surface area contributed by atoms with Crippen LogP contribution < -0.4 is 0 Å². The van der Waals surface area contributed by atoms with Gasteiger partial charge in [-0.25, -0.2) is 0 Å². The van der Waals surface area contributed by atoms with E-state index >= 15 is 0 Å². The maximum Gasteiger partial charge on any atom is 0 e. The molecule has 0 heteroatoms. The molecular formula is C14H26. The second-order valence-corrected chi connectivity index (χ2v) is 3.74. The Kier molecular flexibility index (Phi) is 8.31. The molecule has 0 radical (unpaired) electrons. The van der Waals surface area contributed by atoms with Crippen molar-refractivity contribution in [2.24, 2.45) is 0 Å². The fourth-order valence-electron chi connectivity index (χ4n) is 1.26. The first-order valence-electron chi connectivity index (χ1n) is 5.80. The summed E-state index contributed by atoms with van der Waals surface area (Å²) in [6.45, 7) is 8.67. The standard InChI is InChI=1S/C11H16.C3H8.H2/c1-3-4-8-11-9-6-5-7-10(11)2;1-3-2;/h5-7,9H,3-4,8H2,1-2H3;3H2,1-2H3;1H. The Balaban J connectivity index is 0. The van der Waals surface area contributed by atoms with Crippen LogP contribution in [0.4, 0.5) is 0 Å². The highest BCUT2D eigenvalue weighted by atomic mass is 14.0. The number of hydrogen-bond acceptors (Lipinski definition) is 0. The van der Waals surface area contributed by atoms with Gasteiger partial charge in [0.2, 0.25) is 0 Å². The molecule has 0 spiro atoms. The third-order valence-corrected chi connectivity index (χ3v) is 2.06. The van der Waals surface area contributed by atoms with Gasteiger partial charge in [0.25, 0.3) is 0 Å². The van der Waals surface area contributed by atoms with Gasteiger partial charge in [-0.05, 0) is 30.9 Å². The molecule has 0 amide bonds. The summed E-state index contributed by atoms with van der Waals surface area (Å²) in [5, 5.41) is 0. The quantitative estimate of drug-likeness (QED) is 0.635. The molecule has 0 unspecified atom stereocenters. The summed E-state index contributed by atoms with van der Waals surface area (Å²) >= 11 is 0. The molecule has 1 aromatic carbocycles. The topological polar surface area (TPSA) is 0 Å². The highest BCUT2D eigenvalue weighted by Gasteiger charge is 1.94. The van der Waals surface area contributed by atoms with Crippen molar-refractivity contribution in [1.29, 1.82) is 0 Å². The minimum Gasteiger partial charge on any atom is -0.0656 e. The summed E-state index contributed by atoms with van der Waals surface area (Å²) in [6.07, 6.45) is 5.09. The monoisotopic (exact) mass is 194 g/mol. The average Bonchev–Trinajstić information content (AvgIpc) is 2.18. The van der Waals surface area contributed by atoms with Crippen LogP contribution >= 0.6 is 0 Å². The first-order chi connectivity index (χ1) is 6.76. The van der Waals surface area contributed by atoms with Gasteiger partial charge in [-0.15, -0.1) is 0 Å². The highest BCUT2D eigenvalue weighted by Crippen LogP contribution is 2.09. The zero-order chi connectivity index (χ0) is 10.8. The Morgan fingerprint density at radius 3 is 2.14 bits per heavy atom. The number of unbranched alkanes of at least 4 members (excludes halogenated alkanes) is 1. The molecule has 0 N–H and O–H groups in total. The molecule has 1 aromatic rings. The van der Waals surface area contributed by atoms with Gasteiger partial charge in [0.1, 0.15) is 0 Å². The van der Waals surface area contributed by atoms with Crippen molar-refractivity contribution in [3.8, 4) is 0 Å². The second-order valence-electron chi connectivity index (χ2n) is 3.74. The fraction of sp³-hybridized carbons (Fsp3) is 0.571. The van der Waals surface area contributed by atoms with E-state index in [2.05, 4.69) is 52.0 Å². The summed E-state index contributed by atoms with van der Waals surface area (Å²) < 4.78 is 0. The van der Waals surface area contributed by atoms with Crippen LogP contribution in [0.25, 0.3) is 0 Å². The number of rotatable bonds is 3. The lowest BCUT2D eigenvalue weighted by molar-refractivity contribution is 0.791. The minimum absolute atomic E-state index is 0. The lowest BCUT2D eigenvalue weighted by atomic mass is 10.0. The molecule has 0 aliphatic rings. The van der Waals surface area contributed by atoms with E-state index in [1.807, 2.05) is 0 Å². The minimum atomic E-state index is 0. The van der Waals surface area contributed by atoms with E-state index in [0.717, 1.165) is 0 Å². The number of hydrogen-bond donors (Lipinski definition) is 0. The summed E-state index contributed by atoms with van der Waals surface area (Å²) in [4.78, 5) is 0. The molecule has 0 heterocycles. The van der Waals surface area contributed by atoms with E-state index in [4.69, 9.17) is 0 Å². The maximum atomic E-state index is 2.23. The van der Waals surface area contributed by atoms with Crippen LogP contribution in [0.5, 0.6) is 0 Å². The highest BCUT2D eigenvalue weighted by molar-refractivity contribution is 5.25. The van der Waals surface area contributed by atoms with Gasteiger partial charge in [0.05, 0.1) is 0 Å². The molecule has 82 valence electrons. The van der Waals surface area contributed by atoms with Crippen LogP contribution in [-0.4, -0.2) is 0 Å². The van der Waals surface area contributed by atoms with Crippen molar-refractivity contribution in [2.75, 3.05) is 0 Å². The Labute approximate surface area is 90.8 Å². The lowest BCUT2D eigenvalue weighted by Gasteiger charge is -2.02. The van der Waals surface area contributed by atoms with Crippen LogP contribution in [0, 0.1) is 6.92 Å². The second kappa shape index (κ2) is 8.80. The van der Waals surface area contributed by atoms with Crippen molar-refractivity contribution >= 4 is 0 Å². The Morgan fingerprint density at radius 1 is 1.07 bits per heavy atom. The number of aryl methyl sites for hydroxylation is 2. The molecule has 0 bridgehead atoms. The smallest absolute Gasteiger partial charge is 0 e. The van der Waals surface area contributed by atoms with Gasteiger partial charge < -0.3 is 0 Å². The largest absolute Gasteiger partial charge is 0.0656 e. The Bertz CT molecular complexity index is 231. The van der Waals surface area contributed by atoms with Crippen LogP contribution in [-0.2, 0) is 6.42 Å². The van der Waals surface area contributed by atoms with Crippen molar-refractivity contribution in [3.63, 3.8) is 0 Å². The van der Waals surface area contributed by atoms with E-state index in [1.165, 1.54) is 36.8 Å². The number of benzene rings is 1. The molecule has 0 aliphatic heterocycles. The van der Waals surface area contributed by atoms with Crippen LogP contribution in [0.2, 0.25) is 0 Å². The van der Waals surface area contributed by atoms with Crippen LogP contribution in [0.3, 0.4) is 0 Å². The summed E-state index contributed by atoms with van der Waals surface area (Å²) in [5.41, 5.74) is 2.94. The Hall–Kier alpha value is -0.780. The zero-order valence-corrected chi connectivity index (χ0v) is 10.1. The van der Waals surface area contributed by atoms with E-state index in [-0.39, 0.29) is 1.43 Å². The Morgan fingerprint density at radius 2 is 1.64 bits per heavy atom. The normalized spacial score (nSPS) is 9.14. The first-order valence-corrected chi connectivity index (χ1v) is 5.80. The van der Waals surface area contributed by atoms with E-state index in [9.17, 15) is 0 Å². The lowest BCUT2D eigenvalue weighted by Crippen LogP contribution is -1.87. The molecule has 14 heavy (non-hydrogen) atoms. The summed E-state index contributed by atoms with van der Waals surface area (Å²) in [7, 11) is 0. The fourth-order valence-corrected chi connectivity index (χ4v) is 1.26. The van der Waals surface area contributed by atoms with Crippen molar-refractivity contribution in [2.45, 2.75) is 53.4 Å². The molecular weight excluding hydrogens is 168 g/mol. The van der Waals surface area contributed by atoms with Crippen molar-refractivity contribution in [1.82, 2.24) is 0 Å². The summed E-state index contributed by atoms with van der Waals surface area (Å²) in [5.74, 6) is 0.